The maximum atomic E-state index is 13.4. The summed E-state index contributed by atoms with van der Waals surface area (Å²) in [5, 5.41) is 3.76. The van der Waals surface area contributed by atoms with Crippen LogP contribution in [0.15, 0.2) is 48.5 Å². The number of carbonyl (C=O) groups is 2. The maximum Gasteiger partial charge on any atom is 0.254 e. The molecule has 2 atom stereocenters. The first kappa shape index (κ1) is 20.0. The van der Waals surface area contributed by atoms with Crippen molar-refractivity contribution in [3.8, 4) is 0 Å². The Labute approximate surface area is 177 Å². The van der Waals surface area contributed by atoms with Crippen molar-refractivity contribution >= 4 is 23.4 Å². The van der Waals surface area contributed by atoms with Gasteiger partial charge in [-0.2, -0.15) is 0 Å². The van der Waals surface area contributed by atoms with Crippen molar-refractivity contribution in [2.24, 2.45) is 5.92 Å². The highest BCUT2D eigenvalue weighted by Gasteiger charge is 2.44. The van der Waals surface area contributed by atoms with Gasteiger partial charge in [0.1, 0.15) is 0 Å². The predicted octanol–water partition coefficient (Wildman–Crippen LogP) is 4.95. The summed E-state index contributed by atoms with van der Waals surface area (Å²) in [7, 11) is 0. The Bertz CT molecular complexity index is 909. The number of nitrogens with zero attached hydrogens (tertiary/aromatic N) is 1. The molecule has 1 fully saturated rings. The number of amides is 2. The van der Waals surface area contributed by atoms with Gasteiger partial charge in [0.25, 0.3) is 5.91 Å². The van der Waals surface area contributed by atoms with Gasteiger partial charge in [-0.1, -0.05) is 55.3 Å². The molecule has 4 rings (SSSR count). The second kappa shape index (κ2) is 8.58. The van der Waals surface area contributed by atoms with Crippen LogP contribution >= 0.6 is 11.6 Å². The zero-order valence-electron chi connectivity index (χ0n) is 16.7. The third-order valence-corrected chi connectivity index (χ3v) is 6.16. The summed E-state index contributed by atoms with van der Waals surface area (Å²) in [4.78, 5) is 28.7. The third kappa shape index (κ3) is 4.18. The first-order chi connectivity index (χ1) is 14.1. The van der Waals surface area contributed by atoms with Gasteiger partial charge in [-0.05, 0) is 54.5 Å². The van der Waals surface area contributed by atoms with Crippen molar-refractivity contribution in [1.82, 2.24) is 10.2 Å². The fourth-order valence-corrected chi connectivity index (χ4v) is 4.39. The summed E-state index contributed by atoms with van der Waals surface area (Å²) >= 11 is 6.29. The molecule has 0 aromatic heterocycles. The van der Waals surface area contributed by atoms with E-state index < -0.39 is 5.92 Å². The molecule has 2 aromatic carbocycles. The fraction of sp³-hybridized carbons (Fsp3) is 0.417. The first-order valence-corrected chi connectivity index (χ1v) is 10.9. The predicted molar refractivity (Wildman–Crippen MR) is 115 cm³/mol. The Balaban J connectivity index is 1.79. The zero-order chi connectivity index (χ0) is 20.4. The SMILES string of the molecule is CCCCN1C(=O)c2ccccc2C(C(=O)NCC2CC2)C1c1cccc(Cl)c1. The van der Waals surface area contributed by atoms with Gasteiger partial charge in [-0.25, -0.2) is 0 Å². The fourth-order valence-electron chi connectivity index (χ4n) is 4.19. The molecule has 0 bridgehead atoms. The number of unbranched alkanes of at least 4 members (excludes halogenated alkanes) is 1. The van der Waals surface area contributed by atoms with Crippen LogP contribution in [0.2, 0.25) is 5.02 Å². The number of benzene rings is 2. The Morgan fingerprint density at radius 3 is 2.69 bits per heavy atom. The van der Waals surface area contributed by atoms with Crippen molar-refractivity contribution in [1.29, 1.82) is 0 Å². The highest BCUT2D eigenvalue weighted by molar-refractivity contribution is 6.30. The molecule has 2 aliphatic rings. The Morgan fingerprint density at radius 1 is 1.17 bits per heavy atom. The molecule has 1 aliphatic heterocycles. The van der Waals surface area contributed by atoms with E-state index >= 15 is 0 Å². The van der Waals surface area contributed by atoms with Crippen LogP contribution in [0, 0.1) is 5.92 Å². The van der Waals surface area contributed by atoms with E-state index in [0.717, 1.165) is 24.0 Å². The quantitative estimate of drug-likeness (QED) is 0.702. The Kier molecular flexibility index (Phi) is 5.91. The van der Waals surface area contributed by atoms with Crippen LogP contribution in [-0.2, 0) is 4.79 Å². The minimum Gasteiger partial charge on any atom is -0.355 e. The summed E-state index contributed by atoms with van der Waals surface area (Å²) in [5.74, 6) is 0.131. The van der Waals surface area contributed by atoms with Crippen molar-refractivity contribution in [2.45, 2.75) is 44.6 Å². The second-order valence-electron chi connectivity index (χ2n) is 8.11. The minimum atomic E-state index is -0.446. The smallest absolute Gasteiger partial charge is 0.254 e. The van der Waals surface area contributed by atoms with Gasteiger partial charge < -0.3 is 10.2 Å². The van der Waals surface area contributed by atoms with E-state index in [1.807, 2.05) is 53.4 Å². The number of carbonyl (C=O) groups excluding carboxylic acids is 2. The minimum absolute atomic E-state index is 0.00901. The summed E-state index contributed by atoms with van der Waals surface area (Å²) < 4.78 is 0. The van der Waals surface area contributed by atoms with Gasteiger partial charge in [0.15, 0.2) is 0 Å². The van der Waals surface area contributed by atoms with E-state index in [2.05, 4.69) is 12.2 Å². The van der Waals surface area contributed by atoms with Crippen molar-refractivity contribution < 1.29 is 9.59 Å². The second-order valence-corrected chi connectivity index (χ2v) is 8.54. The van der Waals surface area contributed by atoms with Crippen molar-refractivity contribution in [3.05, 3.63) is 70.2 Å². The molecular formula is C24H27ClN2O2. The van der Waals surface area contributed by atoms with E-state index in [0.29, 0.717) is 29.6 Å². The molecule has 2 amide bonds. The molecule has 1 aliphatic carbocycles. The average molecular weight is 411 g/mol. The normalized spacial score (nSPS) is 21.0. The lowest BCUT2D eigenvalue weighted by atomic mass is 9.79. The number of fused-ring (bicyclic) bond motifs is 1. The van der Waals surface area contributed by atoms with Crippen LogP contribution < -0.4 is 5.32 Å². The first-order valence-electron chi connectivity index (χ1n) is 10.5. The molecular weight excluding hydrogens is 384 g/mol. The molecule has 5 heteroatoms. The third-order valence-electron chi connectivity index (χ3n) is 5.93. The molecule has 0 radical (unpaired) electrons. The van der Waals surface area contributed by atoms with Crippen molar-refractivity contribution in [2.75, 3.05) is 13.1 Å². The van der Waals surface area contributed by atoms with Crippen LogP contribution in [0.25, 0.3) is 0 Å². The highest BCUT2D eigenvalue weighted by Crippen LogP contribution is 2.43. The van der Waals surface area contributed by atoms with Crippen LogP contribution in [0.4, 0.5) is 0 Å². The topological polar surface area (TPSA) is 49.4 Å². The highest BCUT2D eigenvalue weighted by atomic mass is 35.5. The molecule has 2 unspecified atom stereocenters. The van der Waals surface area contributed by atoms with E-state index in [1.54, 1.807) is 0 Å². The average Bonchev–Trinajstić information content (AvgIpc) is 3.56. The summed E-state index contributed by atoms with van der Waals surface area (Å²) in [6, 6.07) is 14.7. The molecule has 1 heterocycles. The van der Waals surface area contributed by atoms with Crippen LogP contribution in [0.1, 0.15) is 66.1 Å². The van der Waals surface area contributed by atoms with Gasteiger partial charge in [0.2, 0.25) is 5.91 Å². The largest absolute Gasteiger partial charge is 0.355 e. The molecule has 0 saturated heterocycles. The maximum absolute atomic E-state index is 13.4. The molecule has 152 valence electrons. The monoisotopic (exact) mass is 410 g/mol. The van der Waals surface area contributed by atoms with Gasteiger partial charge in [0.05, 0.1) is 12.0 Å². The lowest BCUT2D eigenvalue weighted by Crippen LogP contribution is -2.48. The number of hydrogen-bond donors (Lipinski definition) is 1. The Morgan fingerprint density at radius 2 is 1.97 bits per heavy atom. The zero-order valence-corrected chi connectivity index (χ0v) is 17.5. The lowest BCUT2D eigenvalue weighted by molar-refractivity contribution is -0.124. The van der Waals surface area contributed by atoms with Crippen LogP contribution in [-0.4, -0.2) is 29.8 Å². The number of halogens is 1. The van der Waals surface area contributed by atoms with E-state index in [1.165, 1.54) is 12.8 Å². The molecule has 1 N–H and O–H groups in total. The van der Waals surface area contributed by atoms with Gasteiger partial charge in [-0.3, -0.25) is 9.59 Å². The van der Waals surface area contributed by atoms with Crippen molar-refractivity contribution in [3.63, 3.8) is 0 Å². The number of nitrogens with one attached hydrogen (secondary N) is 1. The van der Waals surface area contributed by atoms with E-state index in [9.17, 15) is 9.59 Å². The van der Waals surface area contributed by atoms with Gasteiger partial charge in [-0.15, -0.1) is 0 Å². The molecule has 4 nitrogen and oxygen atoms in total. The van der Waals surface area contributed by atoms with E-state index in [-0.39, 0.29) is 17.9 Å². The van der Waals surface area contributed by atoms with Crippen LogP contribution in [0.3, 0.4) is 0 Å². The number of hydrogen-bond acceptors (Lipinski definition) is 2. The summed E-state index contributed by atoms with van der Waals surface area (Å²) in [5.41, 5.74) is 2.35. The molecule has 2 aromatic rings. The summed E-state index contributed by atoms with van der Waals surface area (Å²) in [6.45, 7) is 3.44. The Hall–Kier alpha value is -2.33. The van der Waals surface area contributed by atoms with E-state index in [4.69, 9.17) is 11.6 Å². The number of rotatable bonds is 7. The van der Waals surface area contributed by atoms with Crippen LogP contribution in [0.5, 0.6) is 0 Å². The standard InChI is InChI=1S/C24H27ClN2O2/c1-2-3-13-27-22(17-7-6-8-18(25)14-17)21(23(28)26-15-16-11-12-16)19-9-4-5-10-20(19)24(27)29/h4-10,14,16,21-22H,2-3,11-13,15H2,1H3,(H,26,28). The molecule has 0 spiro atoms. The molecule has 29 heavy (non-hydrogen) atoms. The molecule has 1 saturated carbocycles. The summed E-state index contributed by atoms with van der Waals surface area (Å²) in [6.07, 6.45) is 4.23. The lowest BCUT2D eigenvalue weighted by Gasteiger charge is -2.42. The van der Waals surface area contributed by atoms with Gasteiger partial charge in [0, 0.05) is 23.7 Å². The van der Waals surface area contributed by atoms with Gasteiger partial charge >= 0.3 is 0 Å².